The molecule has 26 heavy (non-hydrogen) atoms. The van der Waals surface area contributed by atoms with Crippen LogP contribution in [0.5, 0.6) is 0 Å². The molecular formula is C18H12FN3O3S. The van der Waals surface area contributed by atoms with E-state index in [1.807, 2.05) is 16.8 Å². The first-order chi connectivity index (χ1) is 12.5. The minimum atomic E-state index is -1.31. The molecule has 130 valence electrons. The number of imidazole rings is 1. The number of thiophene rings is 1. The van der Waals surface area contributed by atoms with E-state index in [0.29, 0.717) is 16.9 Å². The van der Waals surface area contributed by atoms with Gasteiger partial charge in [0.1, 0.15) is 16.9 Å². The Labute approximate surface area is 149 Å². The lowest BCUT2D eigenvalue weighted by atomic mass is 10.1. The number of H-pyrrole nitrogens is 1. The van der Waals surface area contributed by atoms with Gasteiger partial charge in [0.15, 0.2) is 5.82 Å². The van der Waals surface area contributed by atoms with Gasteiger partial charge in [-0.05, 0) is 30.4 Å². The van der Waals surface area contributed by atoms with Crippen molar-refractivity contribution in [2.75, 3.05) is 0 Å². The van der Waals surface area contributed by atoms with E-state index in [-0.39, 0.29) is 22.5 Å². The second-order valence-electron chi connectivity index (χ2n) is 6.39. The molecule has 3 heterocycles. The third-order valence-corrected chi connectivity index (χ3v) is 5.36. The van der Waals surface area contributed by atoms with Crippen LogP contribution in [0.25, 0.3) is 33.3 Å². The average Bonchev–Trinajstić information content (AvgIpc) is 3.12. The summed E-state index contributed by atoms with van der Waals surface area (Å²) in [6.07, 6.45) is 3.15. The molecule has 0 amide bonds. The number of carboxylic acid groups (broad SMARTS) is 1. The van der Waals surface area contributed by atoms with E-state index in [4.69, 9.17) is 0 Å². The van der Waals surface area contributed by atoms with Gasteiger partial charge in [-0.25, -0.2) is 14.2 Å². The number of pyridine rings is 1. The number of aromatic nitrogens is 3. The molecule has 1 fully saturated rings. The minimum absolute atomic E-state index is 0.0577. The Morgan fingerprint density at radius 2 is 2.23 bits per heavy atom. The Morgan fingerprint density at radius 1 is 1.42 bits per heavy atom. The van der Waals surface area contributed by atoms with Gasteiger partial charge in [0.25, 0.3) is 0 Å². The molecule has 5 rings (SSSR count). The molecule has 1 aliphatic rings. The molecule has 1 saturated carbocycles. The SMILES string of the molecule is O=C(O)c1cn(C2CC2)c2c(cc(F)c3nc(-c4ccsc4)[nH]c32)c1=O. The molecule has 4 aromatic rings. The number of nitrogens with one attached hydrogen (secondary N) is 1. The van der Waals surface area contributed by atoms with E-state index < -0.39 is 17.2 Å². The van der Waals surface area contributed by atoms with Crippen LogP contribution in [0.4, 0.5) is 4.39 Å². The second kappa shape index (κ2) is 5.25. The zero-order chi connectivity index (χ0) is 18.0. The summed E-state index contributed by atoms with van der Waals surface area (Å²) in [5.41, 5.74) is 0.879. The van der Waals surface area contributed by atoms with Crippen LogP contribution in [0.2, 0.25) is 0 Å². The standard InChI is InChI=1S/C18H12FN3O3S/c19-12-5-10-15(14-13(12)20-17(21-14)8-3-4-26-7-8)22(9-1-2-9)6-11(16(10)23)18(24)25/h3-7,9H,1-2H2,(H,20,21)(H,24,25). The van der Waals surface area contributed by atoms with E-state index in [9.17, 15) is 19.1 Å². The van der Waals surface area contributed by atoms with Crippen molar-refractivity contribution in [3.8, 4) is 11.4 Å². The molecule has 0 unspecified atom stereocenters. The third kappa shape index (κ3) is 2.12. The van der Waals surface area contributed by atoms with Crippen LogP contribution in [-0.4, -0.2) is 25.6 Å². The summed E-state index contributed by atoms with van der Waals surface area (Å²) in [6.45, 7) is 0. The number of carboxylic acids is 1. The lowest BCUT2D eigenvalue weighted by Gasteiger charge is -2.12. The summed E-state index contributed by atoms with van der Waals surface area (Å²) in [5.74, 6) is -1.44. The molecule has 0 atom stereocenters. The first kappa shape index (κ1) is 15.3. The zero-order valence-corrected chi connectivity index (χ0v) is 14.1. The van der Waals surface area contributed by atoms with Gasteiger partial charge >= 0.3 is 5.97 Å². The number of aromatic carboxylic acids is 1. The fourth-order valence-corrected chi connectivity index (χ4v) is 3.93. The predicted octanol–water partition coefficient (Wildman–Crippen LogP) is 3.78. The Bertz CT molecular complexity index is 1250. The molecule has 1 aromatic carbocycles. The molecule has 0 aliphatic heterocycles. The number of nitrogens with zero attached hydrogens (tertiary/aromatic N) is 2. The minimum Gasteiger partial charge on any atom is -0.477 e. The molecule has 3 aromatic heterocycles. The highest BCUT2D eigenvalue weighted by Gasteiger charge is 2.29. The summed E-state index contributed by atoms with van der Waals surface area (Å²) >= 11 is 1.50. The van der Waals surface area contributed by atoms with E-state index in [1.165, 1.54) is 17.5 Å². The maximum absolute atomic E-state index is 14.7. The fourth-order valence-electron chi connectivity index (χ4n) is 3.29. The second-order valence-corrected chi connectivity index (χ2v) is 7.17. The number of benzene rings is 1. The Morgan fingerprint density at radius 3 is 2.88 bits per heavy atom. The molecule has 2 N–H and O–H groups in total. The summed E-state index contributed by atoms with van der Waals surface area (Å²) in [5, 5.41) is 13.2. The van der Waals surface area contributed by atoms with Crippen molar-refractivity contribution in [2.24, 2.45) is 0 Å². The van der Waals surface area contributed by atoms with E-state index in [1.54, 1.807) is 4.57 Å². The van der Waals surface area contributed by atoms with Crippen LogP contribution in [0.15, 0.2) is 33.9 Å². The summed E-state index contributed by atoms with van der Waals surface area (Å²) in [6, 6.07) is 3.08. The predicted molar refractivity (Wildman–Crippen MR) is 96.4 cm³/mol. The average molecular weight is 369 g/mol. The van der Waals surface area contributed by atoms with Gasteiger partial charge in [0.05, 0.1) is 16.4 Å². The van der Waals surface area contributed by atoms with Crippen molar-refractivity contribution < 1.29 is 14.3 Å². The number of rotatable bonds is 3. The van der Waals surface area contributed by atoms with Crippen LogP contribution in [0.3, 0.4) is 0 Å². The van der Waals surface area contributed by atoms with Crippen molar-refractivity contribution in [2.45, 2.75) is 18.9 Å². The monoisotopic (exact) mass is 369 g/mol. The van der Waals surface area contributed by atoms with Gasteiger partial charge < -0.3 is 14.7 Å². The smallest absolute Gasteiger partial charge is 0.341 e. The first-order valence-electron chi connectivity index (χ1n) is 8.07. The third-order valence-electron chi connectivity index (χ3n) is 4.67. The maximum Gasteiger partial charge on any atom is 0.341 e. The van der Waals surface area contributed by atoms with Gasteiger partial charge in [-0.15, -0.1) is 0 Å². The largest absolute Gasteiger partial charge is 0.477 e. The quantitative estimate of drug-likeness (QED) is 0.575. The number of hydrogen-bond acceptors (Lipinski definition) is 4. The molecule has 6 nitrogen and oxygen atoms in total. The normalized spacial score (nSPS) is 14.3. The van der Waals surface area contributed by atoms with Gasteiger partial charge in [-0.2, -0.15) is 11.3 Å². The van der Waals surface area contributed by atoms with Crippen molar-refractivity contribution in [3.63, 3.8) is 0 Å². The lowest BCUT2D eigenvalue weighted by Crippen LogP contribution is -2.19. The number of hydrogen-bond donors (Lipinski definition) is 2. The molecular weight excluding hydrogens is 357 g/mol. The zero-order valence-electron chi connectivity index (χ0n) is 13.3. The molecule has 0 spiro atoms. The number of fused-ring (bicyclic) bond motifs is 3. The number of carbonyl (C=O) groups is 1. The van der Waals surface area contributed by atoms with E-state index >= 15 is 0 Å². The maximum atomic E-state index is 14.7. The van der Waals surface area contributed by atoms with Crippen molar-refractivity contribution in [3.05, 3.63) is 50.7 Å². The van der Waals surface area contributed by atoms with Crippen LogP contribution in [0, 0.1) is 5.82 Å². The topological polar surface area (TPSA) is 88.0 Å². The van der Waals surface area contributed by atoms with Gasteiger partial charge in [0.2, 0.25) is 5.43 Å². The number of halogens is 1. The summed E-state index contributed by atoms with van der Waals surface area (Å²) in [7, 11) is 0. The molecule has 0 saturated heterocycles. The molecule has 0 radical (unpaired) electrons. The Hall–Kier alpha value is -3.00. The first-order valence-corrected chi connectivity index (χ1v) is 9.02. The van der Waals surface area contributed by atoms with Crippen LogP contribution < -0.4 is 5.43 Å². The van der Waals surface area contributed by atoms with Crippen molar-refractivity contribution in [1.29, 1.82) is 0 Å². The summed E-state index contributed by atoms with van der Waals surface area (Å²) < 4.78 is 16.4. The number of aromatic amines is 1. The van der Waals surface area contributed by atoms with Crippen LogP contribution in [0.1, 0.15) is 29.2 Å². The molecule has 8 heteroatoms. The highest BCUT2D eigenvalue weighted by Crippen LogP contribution is 2.39. The van der Waals surface area contributed by atoms with Crippen LogP contribution in [-0.2, 0) is 0 Å². The molecule has 0 bridgehead atoms. The van der Waals surface area contributed by atoms with E-state index in [2.05, 4.69) is 9.97 Å². The lowest BCUT2D eigenvalue weighted by molar-refractivity contribution is 0.0695. The highest BCUT2D eigenvalue weighted by atomic mass is 32.1. The van der Waals surface area contributed by atoms with Crippen LogP contribution >= 0.6 is 11.3 Å². The highest BCUT2D eigenvalue weighted by molar-refractivity contribution is 7.08. The Kier molecular flexibility index (Phi) is 3.08. The fraction of sp³-hybridized carbons (Fsp3) is 0.167. The molecule has 1 aliphatic carbocycles. The van der Waals surface area contributed by atoms with Gasteiger partial charge in [0, 0.05) is 23.2 Å². The van der Waals surface area contributed by atoms with Gasteiger partial charge in [-0.1, -0.05) is 0 Å². The summed E-state index contributed by atoms with van der Waals surface area (Å²) in [4.78, 5) is 31.5. The van der Waals surface area contributed by atoms with E-state index in [0.717, 1.165) is 24.5 Å². The Balaban J connectivity index is 1.94. The van der Waals surface area contributed by atoms with Crippen molar-refractivity contribution in [1.82, 2.24) is 14.5 Å². The van der Waals surface area contributed by atoms with Gasteiger partial charge in [-0.3, -0.25) is 4.79 Å². The van der Waals surface area contributed by atoms with Crippen molar-refractivity contribution >= 4 is 39.2 Å².